The van der Waals surface area contributed by atoms with Crippen LogP contribution in [0.4, 0.5) is 24.5 Å². The molecule has 0 bridgehead atoms. The number of alkyl halides is 3. The number of nitro groups is 1. The van der Waals surface area contributed by atoms with Crippen LogP contribution in [0, 0.1) is 16.0 Å². The van der Waals surface area contributed by atoms with Gasteiger partial charge in [0, 0.05) is 23.6 Å². The number of rotatable bonds is 3. The first-order valence-corrected chi connectivity index (χ1v) is 7.50. The van der Waals surface area contributed by atoms with Crippen LogP contribution in [0.2, 0.25) is 0 Å². The lowest BCUT2D eigenvalue weighted by Crippen LogP contribution is -2.40. The van der Waals surface area contributed by atoms with E-state index in [9.17, 15) is 28.1 Å². The molecule has 1 saturated heterocycles. The highest BCUT2D eigenvalue weighted by molar-refractivity contribution is 9.10. The zero-order valence-corrected chi connectivity index (χ0v) is 13.4. The minimum Gasteiger partial charge on any atom is -0.366 e. The quantitative estimate of drug-likeness (QED) is 0.628. The number of carbonyl (C=O) groups excluding carboxylic acids is 1. The number of nitrogens with zero attached hydrogens (tertiary/aromatic N) is 2. The molecule has 0 spiro atoms. The van der Waals surface area contributed by atoms with Crippen molar-refractivity contribution in [3.63, 3.8) is 0 Å². The van der Waals surface area contributed by atoms with Gasteiger partial charge in [-0.05, 0) is 18.9 Å². The Bertz CT molecular complexity index is 608. The second kappa shape index (κ2) is 6.34. The molecular weight excluding hydrogens is 383 g/mol. The second-order valence-corrected chi connectivity index (χ2v) is 6.16. The zero-order valence-electron chi connectivity index (χ0n) is 11.8. The van der Waals surface area contributed by atoms with Gasteiger partial charge >= 0.3 is 6.18 Å². The van der Waals surface area contributed by atoms with Gasteiger partial charge in [0.1, 0.15) is 5.69 Å². The Hall–Kier alpha value is -1.84. The first-order valence-electron chi connectivity index (χ1n) is 6.70. The molecule has 1 aromatic rings. The van der Waals surface area contributed by atoms with Crippen LogP contribution in [0.25, 0.3) is 0 Å². The fourth-order valence-corrected chi connectivity index (χ4v) is 3.12. The molecule has 10 heteroatoms. The van der Waals surface area contributed by atoms with E-state index in [0.717, 1.165) is 0 Å². The third-order valence-electron chi connectivity index (χ3n) is 3.79. The molecule has 1 amide bonds. The summed E-state index contributed by atoms with van der Waals surface area (Å²) in [6.45, 7) is -0.0696. The third-order valence-corrected chi connectivity index (χ3v) is 4.25. The highest BCUT2D eigenvalue weighted by Gasteiger charge is 2.42. The minimum absolute atomic E-state index is 0.0219. The summed E-state index contributed by atoms with van der Waals surface area (Å²) in [7, 11) is 0. The second-order valence-electron chi connectivity index (χ2n) is 5.25. The molecule has 126 valence electrons. The Morgan fingerprint density at radius 2 is 1.91 bits per heavy atom. The summed E-state index contributed by atoms with van der Waals surface area (Å²) in [6.07, 6.45) is -4.66. The fraction of sp³-hybridized carbons (Fsp3) is 0.462. The SMILES string of the molecule is NC(=O)c1cc(Br)cc([N+](=O)[O-])c1N1CCC(C(F)(F)F)CC1. The molecule has 0 aliphatic carbocycles. The molecule has 6 nitrogen and oxygen atoms in total. The van der Waals surface area contributed by atoms with Crippen molar-refractivity contribution in [1.29, 1.82) is 0 Å². The molecule has 1 fully saturated rings. The van der Waals surface area contributed by atoms with Crippen molar-refractivity contribution in [2.45, 2.75) is 19.0 Å². The molecule has 1 heterocycles. The van der Waals surface area contributed by atoms with Gasteiger partial charge in [-0.1, -0.05) is 15.9 Å². The Labute approximate surface area is 137 Å². The molecule has 23 heavy (non-hydrogen) atoms. The van der Waals surface area contributed by atoms with Gasteiger partial charge in [-0.3, -0.25) is 14.9 Å². The molecular formula is C13H13BrF3N3O3. The number of benzene rings is 1. The summed E-state index contributed by atoms with van der Waals surface area (Å²) in [5.74, 6) is -2.31. The first-order chi connectivity index (χ1) is 10.6. The third kappa shape index (κ3) is 3.74. The number of primary amides is 1. The van der Waals surface area contributed by atoms with E-state index in [4.69, 9.17) is 5.73 Å². The van der Waals surface area contributed by atoms with Crippen LogP contribution in [0.1, 0.15) is 23.2 Å². The summed E-state index contributed by atoms with van der Waals surface area (Å²) >= 11 is 3.06. The molecule has 2 rings (SSSR count). The average molecular weight is 396 g/mol. The summed E-state index contributed by atoms with van der Waals surface area (Å²) in [5, 5.41) is 11.2. The van der Waals surface area contributed by atoms with Crippen molar-refractivity contribution < 1.29 is 22.9 Å². The monoisotopic (exact) mass is 395 g/mol. The van der Waals surface area contributed by atoms with Crippen molar-refractivity contribution in [2.24, 2.45) is 11.7 Å². The topological polar surface area (TPSA) is 89.5 Å². The van der Waals surface area contributed by atoms with Gasteiger partial charge in [0.05, 0.1) is 16.4 Å². The largest absolute Gasteiger partial charge is 0.391 e. The van der Waals surface area contributed by atoms with Gasteiger partial charge in [-0.25, -0.2) is 0 Å². The molecule has 0 unspecified atom stereocenters. The van der Waals surface area contributed by atoms with Crippen LogP contribution in [-0.2, 0) is 0 Å². The summed E-state index contributed by atoms with van der Waals surface area (Å²) in [5.41, 5.74) is 4.80. The molecule has 1 aliphatic heterocycles. The maximum atomic E-state index is 12.7. The van der Waals surface area contributed by atoms with Gasteiger partial charge in [0.25, 0.3) is 11.6 Å². The number of piperidine rings is 1. The number of hydrogen-bond acceptors (Lipinski definition) is 4. The van der Waals surface area contributed by atoms with Crippen LogP contribution in [-0.4, -0.2) is 30.1 Å². The lowest BCUT2D eigenvalue weighted by molar-refractivity contribution is -0.384. The number of amides is 1. The lowest BCUT2D eigenvalue weighted by atomic mass is 9.95. The molecule has 1 aliphatic rings. The molecule has 1 aromatic carbocycles. The smallest absolute Gasteiger partial charge is 0.366 e. The normalized spacial score (nSPS) is 16.4. The van der Waals surface area contributed by atoms with Crippen molar-refractivity contribution in [2.75, 3.05) is 18.0 Å². The minimum atomic E-state index is -4.29. The Kier molecular flexibility index (Phi) is 4.83. The van der Waals surface area contributed by atoms with Gasteiger partial charge in [0.15, 0.2) is 0 Å². The number of nitro benzene ring substituents is 1. The first kappa shape index (κ1) is 17.5. The molecule has 0 saturated carbocycles. The van der Waals surface area contributed by atoms with E-state index in [2.05, 4.69) is 15.9 Å². The van der Waals surface area contributed by atoms with Gasteiger partial charge < -0.3 is 10.6 Å². The maximum Gasteiger partial charge on any atom is 0.391 e. The van der Waals surface area contributed by atoms with Crippen molar-refractivity contribution >= 4 is 33.2 Å². The van der Waals surface area contributed by atoms with E-state index in [1.807, 2.05) is 0 Å². The van der Waals surface area contributed by atoms with Crippen molar-refractivity contribution in [3.05, 3.63) is 32.3 Å². The Morgan fingerprint density at radius 1 is 1.35 bits per heavy atom. The van der Waals surface area contributed by atoms with Crippen LogP contribution in [0.15, 0.2) is 16.6 Å². The van der Waals surface area contributed by atoms with E-state index < -0.39 is 22.9 Å². The predicted octanol–water partition coefficient (Wildman–Crippen LogP) is 3.23. The van der Waals surface area contributed by atoms with Gasteiger partial charge in [0.2, 0.25) is 0 Å². The molecule has 0 atom stereocenters. The highest BCUT2D eigenvalue weighted by atomic mass is 79.9. The molecule has 2 N–H and O–H groups in total. The lowest BCUT2D eigenvalue weighted by Gasteiger charge is -2.34. The molecule has 0 aromatic heterocycles. The number of anilines is 1. The van der Waals surface area contributed by atoms with E-state index in [-0.39, 0.29) is 42.9 Å². The number of hydrogen-bond donors (Lipinski definition) is 1. The van der Waals surface area contributed by atoms with E-state index in [1.54, 1.807) is 0 Å². The van der Waals surface area contributed by atoms with Crippen LogP contribution < -0.4 is 10.6 Å². The van der Waals surface area contributed by atoms with Gasteiger partial charge in [-0.2, -0.15) is 13.2 Å². The molecule has 0 radical (unpaired) electrons. The standard InChI is InChI=1S/C13H13BrF3N3O3/c14-8-5-9(12(18)21)11(10(6-8)20(22)23)19-3-1-7(2-4-19)13(15,16)17/h5-7H,1-4H2,(H2,18,21). The summed E-state index contributed by atoms with van der Waals surface area (Å²) in [6, 6.07) is 2.54. The zero-order chi connectivity index (χ0) is 17.4. The van der Waals surface area contributed by atoms with Crippen molar-refractivity contribution in [1.82, 2.24) is 0 Å². The number of carbonyl (C=O) groups is 1. The predicted molar refractivity (Wildman–Crippen MR) is 80.3 cm³/mol. The van der Waals surface area contributed by atoms with Crippen LogP contribution in [0.5, 0.6) is 0 Å². The van der Waals surface area contributed by atoms with Crippen molar-refractivity contribution in [3.8, 4) is 0 Å². The van der Waals surface area contributed by atoms with E-state index in [0.29, 0.717) is 4.47 Å². The van der Waals surface area contributed by atoms with E-state index in [1.165, 1.54) is 17.0 Å². The average Bonchev–Trinajstić information content (AvgIpc) is 2.45. The Morgan fingerprint density at radius 3 is 2.35 bits per heavy atom. The summed E-state index contributed by atoms with van der Waals surface area (Å²) in [4.78, 5) is 23.6. The highest BCUT2D eigenvalue weighted by Crippen LogP contribution is 2.40. The maximum absolute atomic E-state index is 12.7. The fourth-order valence-electron chi connectivity index (χ4n) is 2.67. The van der Waals surface area contributed by atoms with Gasteiger partial charge in [-0.15, -0.1) is 0 Å². The van der Waals surface area contributed by atoms with Crippen LogP contribution >= 0.6 is 15.9 Å². The number of halogens is 4. The summed E-state index contributed by atoms with van der Waals surface area (Å²) < 4.78 is 38.5. The Balaban J connectivity index is 2.40. The van der Waals surface area contributed by atoms with E-state index >= 15 is 0 Å². The van der Waals surface area contributed by atoms with Crippen LogP contribution in [0.3, 0.4) is 0 Å². The number of nitrogens with two attached hydrogens (primary N) is 1.